The summed E-state index contributed by atoms with van der Waals surface area (Å²) in [6, 6.07) is -0.479. The number of esters is 2. The Morgan fingerprint density at radius 2 is 1.86 bits per heavy atom. The Kier molecular flexibility index (Phi) is 7.26. The second-order valence-corrected chi connectivity index (χ2v) is 4.98. The van der Waals surface area contributed by atoms with E-state index in [1.54, 1.807) is 0 Å². The van der Waals surface area contributed by atoms with Crippen LogP contribution in [0.1, 0.15) is 34.1 Å². The highest BCUT2D eigenvalue weighted by Crippen LogP contribution is 2.24. The third-order valence-electron chi connectivity index (χ3n) is 3.03. The second kappa shape index (κ2) is 8.70. The molecule has 1 heterocycles. The van der Waals surface area contributed by atoms with Gasteiger partial charge in [-0.15, -0.1) is 0 Å². The molecule has 0 spiro atoms. The van der Waals surface area contributed by atoms with Gasteiger partial charge < -0.3 is 24.3 Å². The molecule has 1 amide bonds. The molecule has 1 aliphatic rings. The molecule has 0 saturated carbocycles. The van der Waals surface area contributed by atoms with Crippen LogP contribution in [0.2, 0.25) is 0 Å². The lowest BCUT2D eigenvalue weighted by molar-refractivity contribution is -0.243. The first-order chi connectivity index (χ1) is 10.3. The van der Waals surface area contributed by atoms with E-state index in [-0.39, 0.29) is 12.5 Å². The minimum atomic E-state index is -0.752. The van der Waals surface area contributed by atoms with Gasteiger partial charge in [0.05, 0.1) is 6.04 Å². The third-order valence-corrected chi connectivity index (χ3v) is 3.03. The van der Waals surface area contributed by atoms with Crippen LogP contribution in [0.5, 0.6) is 0 Å². The highest BCUT2D eigenvalue weighted by Gasteiger charge is 2.42. The number of rotatable bonds is 6. The van der Waals surface area contributed by atoms with E-state index in [1.165, 1.54) is 20.8 Å². The summed E-state index contributed by atoms with van der Waals surface area (Å²) in [5.74, 6) is -1.24. The Balaban J connectivity index is 2.89. The maximum atomic E-state index is 11.4. The van der Waals surface area contributed by atoms with Crippen LogP contribution >= 0.6 is 0 Å². The molecule has 1 fully saturated rings. The first-order valence-electron chi connectivity index (χ1n) is 7.18. The van der Waals surface area contributed by atoms with E-state index in [1.807, 2.05) is 6.92 Å². The Morgan fingerprint density at radius 1 is 1.18 bits per heavy atom. The van der Waals surface area contributed by atoms with Crippen molar-refractivity contribution >= 4 is 17.8 Å². The van der Waals surface area contributed by atoms with E-state index in [4.69, 9.17) is 18.9 Å². The molecule has 22 heavy (non-hydrogen) atoms. The van der Waals surface area contributed by atoms with Gasteiger partial charge in [0.15, 0.2) is 12.4 Å². The fourth-order valence-corrected chi connectivity index (χ4v) is 2.31. The third kappa shape index (κ3) is 5.98. The van der Waals surface area contributed by atoms with Gasteiger partial charge in [-0.2, -0.15) is 0 Å². The fraction of sp³-hybridized carbons (Fsp3) is 0.786. The summed E-state index contributed by atoms with van der Waals surface area (Å²) in [5.41, 5.74) is 0. The van der Waals surface area contributed by atoms with Crippen LogP contribution in [0.3, 0.4) is 0 Å². The number of hydrogen-bond acceptors (Lipinski definition) is 7. The quantitative estimate of drug-likeness (QED) is 0.695. The van der Waals surface area contributed by atoms with E-state index in [2.05, 4.69) is 5.32 Å². The van der Waals surface area contributed by atoms with Crippen molar-refractivity contribution in [3.05, 3.63) is 0 Å². The number of carbonyl (C=O) groups excluding carboxylic acids is 3. The summed E-state index contributed by atoms with van der Waals surface area (Å²) < 4.78 is 21.3. The standard InChI is InChI=1S/C14H23NO7/c1-5-19-13-6-11(15-8(2)16)14(21-10(4)18)12(22-13)7-20-9(3)17/h11-14H,5-7H2,1-4H3,(H,15,16)/t11-,12-,13+,14+/m1/s1. The van der Waals surface area contributed by atoms with Gasteiger partial charge in [-0.05, 0) is 6.92 Å². The Labute approximate surface area is 129 Å². The SMILES string of the molecule is CCO[C@@H]1C[C@@H](NC(C)=O)[C@H](OC(C)=O)[C@@H](COC(C)=O)O1. The Hall–Kier alpha value is -1.67. The average molecular weight is 317 g/mol. The molecule has 0 aromatic heterocycles. The van der Waals surface area contributed by atoms with E-state index >= 15 is 0 Å². The number of amides is 1. The van der Waals surface area contributed by atoms with E-state index in [0.717, 1.165) is 0 Å². The van der Waals surface area contributed by atoms with Crippen LogP contribution in [-0.4, -0.2) is 55.6 Å². The molecule has 0 aliphatic carbocycles. The molecule has 0 unspecified atom stereocenters. The van der Waals surface area contributed by atoms with Crippen LogP contribution in [0.25, 0.3) is 0 Å². The number of carbonyl (C=O) groups is 3. The molecular weight excluding hydrogens is 294 g/mol. The molecule has 8 nitrogen and oxygen atoms in total. The summed E-state index contributed by atoms with van der Waals surface area (Å²) in [6.45, 7) is 6.06. The largest absolute Gasteiger partial charge is 0.463 e. The zero-order valence-corrected chi connectivity index (χ0v) is 13.3. The van der Waals surface area contributed by atoms with Gasteiger partial charge >= 0.3 is 11.9 Å². The summed E-state index contributed by atoms with van der Waals surface area (Å²) in [4.78, 5) is 33.7. The summed E-state index contributed by atoms with van der Waals surface area (Å²) in [7, 11) is 0. The molecule has 0 aromatic carbocycles. The van der Waals surface area contributed by atoms with Crippen LogP contribution in [0.15, 0.2) is 0 Å². The predicted octanol–water partition coefficient (Wildman–Crippen LogP) is 0.137. The van der Waals surface area contributed by atoms with Crippen LogP contribution in [-0.2, 0) is 33.3 Å². The van der Waals surface area contributed by atoms with Crippen molar-refractivity contribution in [1.82, 2.24) is 5.32 Å². The van der Waals surface area contributed by atoms with Crippen molar-refractivity contribution in [2.75, 3.05) is 13.2 Å². The smallest absolute Gasteiger partial charge is 0.303 e. The lowest BCUT2D eigenvalue weighted by Crippen LogP contribution is -2.58. The predicted molar refractivity (Wildman–Crippen MR) is 74.7 cm³/mol. The lowest BCUT2D eigenvalue weighted by Gasteiger charge is -2.40. The molecule has 1 rings (SSSR count). The van der Waals surface area contributed by atoms with Gasteiger partial charge in [-0.3, -0.25) is 14.4 Å². The highest BCUT2D eigenvalue weighted by atomic mass is 16.7. The van der Waals surface area contributed by atoms with Crippen molar-refractivity contribution in [2.45, 2.75) is 58.7 Å². The molecule has 0 aromatic rings. The molecule has 1 aliphatic heterocycles. The van der Waals surface area contributed by atoms with Crippen LogP contribution in [0.4, 0.5) is 0 Å². The zero-order valence-electron chi connectivity index (χ0n) is 13.3. The molecule has 0 bridgehead atoms. The number of nitrogens with one attached hydrogen (secondary N) is 1. The first kappa shape index (κ1) is 18.4. The first-order valence-corrected chi connectivity index (χ1v) is 7.18. The van der Waals surface area contributed by atoms with Crippen LogP contribution in [0, 0.1) is 0 Å². The van der Waals surface area contributed by atoms with Crippen LogP contribution < -0.4 is 5.32 Å². The van der Waals surface area contributed by atoms with Gasteiger partial charge in [0.2, 0.25) is 5.91 Å². The van der Waals surface area contributed by atoms with Crippen molar-refractivity contribution in [2.24, 2.45) is 0 Å². The Bertz CT molecular complexity index is 412. The molecule has 1 N–H and O–H groups in total. The second-order valence-electron chi connectivity index (χ2n) is 4.98. The summed E-state index contributed by atoms with van der Waals surface area (Å²) in [5, 5.41) is 2.73. The van der Waals surface area contributed by atoms with Gasteiger partial charge in [-0.25, -0.2) is 0 Å². The van der Waals surface area contributed by atoms with Gasteiger partial charge in [0.25, 0.3) is 0 Å². The molecule has 0 radical (unpaired) electrons. The zero-order chi connectivity index (χ0) is 16.7. The summed E-state index contributed by atoms with van der Waals surface area (Å²) >= 11 is 0. The highest BCUT2D eigenvalue weighted by molar-refractivity contribution is 5.73. The number of hydrogen-bond donors (Lipinski definition) is 1. The van der Waals surface area contributed by atoms with E-state index < -0.39 is 36.5 Å². The topological polar surface area (TPSA) is 100 Å². The van der Waals surface area contributed by atoms with Crippen molar-refractivity contribution in [3.8, 4) is 0 Å². The molecule has 8 heteroatoms. The minimum Gasteiger partial charge on any atom is -0.463 e. The summed E-state index contributed by atoms with van der Waals surface area (Å²) in [6.07, 6.45) is -1.70. The molecular formula is C14H23NO7. The maximum Gasteiger partial charge on any atom is 0.303 e. The number of ether oxygens (including phenoxy) is 4. The molecule has 1 saturated heterocycles. The van der Waals surface area contributed by atoms with Gasteiger partial charge in [0, 0.05) is 33.8 Å². The minimum absolute atomic E-state index is 0.0903. The van der Waals surface area contributed by atoms with Crippen molar-refractivity contribution < 1.29 is 33.3 Å². The fourth-order valence-electron chi connectivity index (χ4n) is 2.31. The van der Waals surface area contributed by atoms with E-state index in [0.29, 0.717) is 13.0 Å². The monoisotopic (exact) mass is 317 g/mol. The van der Waals surface area contributed by atoms with E-state index in [9.17, 15) is 14.4 Å². The Morgan fingerprint density at radius 3 is 2.36 bits per heavy atom. The lowest BCUT2D eigenvalue weighted by atomic mass is 9.98. The molecule has 4 atom stereocenters. The van der Waals surface area contributed by atoms with Gasteiger partial charge in [0.1, 0.15) is 12.7 Å². The van der Waals surface area contributed by atoms with Crippen molar-refractivity contribution in [3.63, 3.8) is 0 Å². The van der Waals surface area contributed by atoms with Crippen molar-refractivity contribution in [1.29, 1.82) is 0 Å². The molecule has 126 valence electrons. The normalized spacial score (nSPS) is 27.8. The van der Waals surface area contributed by atoms with Gasteiger partial charge in [-0.1, -0.05) is 0 Å². The maximum absolute atomic E-state index is 11.4. The average Bonchev–Trinajstić information content (AvgIpc) is 2.38.